The molecule has 0 fully saturated rings. The number of aliphatic imine (C=N–C) groups is 1. The number of rotatable bonds is 4. The van der Waals surface area contributed by atoms with E-state index in [4.69, 9.17) is 0 Å². The van der Waals surface area contributed by atoms with E-state index in [2.05, 4.69) is 29.3 Å². The first-order chi connectivity index (χ1) is 8.16. The van der Waals surface area contributed by atoms with Crippen LogP contribution in [0.2, 0.25) is 0 Å². The summed E-state index contributed by atoms with van der Waals surface area (Å²) in [6.07, 6.45) is 4.89. The molecule has 0 saturated carbocycles. The molecule has 2 heterocycles. The maximum absolute atomic E-state index is 4.56. The highest BCUT2D eigenvalue weighted by molar-refractivity contribution is 8.13. The fourth-order valence-corrected chi connectivity index (χ4v) is 2.60. The summed E-state index contributed by atoms with van der Waals surface area (Å²) in [6.45, 7) is 7.38. The molecule has 17 heavy (non-hydrogen) atoms. The Morgan fingerprint density at radius 3 is 3.06 bits per heavy atom. The van der Waals surface area contributed by atoms with Crippen LogP contribution in [0.1, 0.15) is 20.3 Å². The lowest BCUT2D eigenvalue weighted by atomic mass is 9.97. The Labute approximate surface area is 107 Å². The number of nitrogens with zero attached hydrogens (tertiary/aromatic N) is 3. The summed E-state index contributed by atoms with van der Waals surface area (Å²) >= 11 is 1.83. The molecule has 0 spiro atoms. The van der Waals surface area contributed by atoms with E-state index >= 15 is 0 Å². The minimum Gasteiger partial charge on any atom is -0.365 e. The van der Waals surface area contributed by atoms with E-state index in [1.165, 1.54) is 0 Å². The molecule has 0 amide bonds. The van der Waals surface area contributed by atoms with Crippen LogP contribution in [0.3, 0.4) is 0 Å². The number of amidine groups is 1. The van der Waals surface area contributed by atoms with Gasteiger partial charge in [0.05, 0.1) is 0 Å². The quantitative estimate of drug-likeness (QED) is 0.833. The van der Waals surface area contributed by atoms with Gasteiger partial charge in [0, 0.05) is 37.8 Å². The van der Waals surface area contributed by atoms with Crippen molar-refractivity contribution in [1.29, 1.82) is 0 Å². The van der Waals surface area contributed by atoms with Crippen LogP contribution in [0.25, 0.3) is 0 Å². The highest BCUT2D eigenvalue weighted by atomic mass is 32.2. The van der Waals surface area contributed by atoms with Crippen LogP contribution < -0.4 is 5.32 Å². The van der Waals surface area contributed by atoms with Crippen molar-refractivity contribution < 1.29 is 0 Å². The van der Waals surface area contributed by atoms with Crippen molar-refractivity contribution in [3.63, 3.8) is 0 Å². The number of nitrogens with one attached hydrogen (secondary N) is 1. The van der Waals surface area contributed by atoms with Gasteiger partial charge in [-0.25, -0.2) is 0 Å². The zero-order valence-electron chi connectivity index (χ0n) is 10.5. The number of hydrogen-bond acceptors (Lipinski definition) is 4. The minimum absolute atomic E-state index is 0.352. The third kappa shape index (κ3) is 4.07. The number of aromatic nitrogens is 2. The van der Waals surface area contributed by atoms with Crippen molar-refractivity contribution in [1.82, 2.24) is 15.1 Å². The average Bonchev–Trinajstić information content (AvgIpc) is 2.79. The van der Waals surface area contributed by atoms with E-state index in [0.29, 0.717) is 5.41 Å². The summed E-state index contributed by atoms with van der Waals surface area (Å²) in [5, 5.41) is 8.67. The van der Waals surface area contributed by atoms with Crippen LogP contribution in [0.15, 0.2) is 23.5 Å². The second-order valence-corrected chi connectivity index (χ2v) is 6.09. The molecule has 94 valence electrons. The highest BCUT2D eigenvalue weighted by Gasteiger charge is 2.22. The largest absolute Gasteiger partial charge is 0.365 e. The Morgan fingerprint density at radius 1 is 1.53 bits per heavy atom. The molecule has 0 saturated heterocycles. The van der Waals surface area contributed by atoms with E-state index in [1.54, 1.807) is 0 Å². The Hall–Kier alpha value is -0.970. The Balaban J connectivity index is 1.64. The van der Waals surface area contributed by atoms with Crippen LogP contribution in [0.4, 0.5) is 0 Å². The van der Waals surface area contributed by atoms with Crippen molar-refractivity contribution in [2.24, 2.45) is 10.4 Å². The van der Waals surface area contributed by atoms with Crippen molar-refractivity contribution in [3.8, 4) is 0 Å². The van der Waals surface area contributed by atoms with Crippen molar-refractivity contribution in [2.45, 2.75) is 26.8 Å². The predicted octanol–water partition coefficient (Wildman–Crippen LogP) is 1.99. The van der Waals surface area contributed by atoms with E-state index in [1.807, 2.05) is 34.9 Å². The fraction of sp³-hybridized carbons (Fsp3) is 0.667. The van der Waals surface area contributed by atoms with Gasteiger partial charge in [-0.05, 0) is 17.9 Å². The molecule has 0 aliphatic carbocycles. The molecule has 1 aliphatic rings. The number of aryl methyl sites for hydroxylation is 1. The van der Waals surface area contributed by atoms with Gasteiger partial charge >= 0.3 is 0 Å². The molecule has 1 aromatic heterocycles. The zero-order chi connectivity index (χ0) is 12.1. The van der Waals surface area contributed by atoms with Gasteiger partial charge in [0.2, 0.25) is 0 Å². The molecule has 1 aromatic rings. The zero-order valence-corrected chi connectivity index (χ0v) is 11.3. The Morgan fingerprint density at radius 2 is 2.41 bits per heavy atom. The summed E-state index contributed by atoms with van der Waals surface area (Å²) in [7, 11) is 0. The summed E-state index contributed by atoms with van der Waals surface area (Å²) in [6, 6.07) is 1.95. The van der Waals surface area contributed by atoms with Crippen molar-refractivity contribution >= 4 is 16.9 Å². The molecule has 0 aromatic carbocycles. The predicted molar refractivity (Wildman–Crippen MR) is 73.4 cm³/mol. The fourth-order valence-electron chi connectivity index (χ4n) is 1.62. The van der Waals surface area contributed by atoms with Crippen LogP contribution in [0, 0.1) is 5.41 Å². The second kappa shape index (κ2) is 5.58. The topological polar surface area (TPSA) is 42.2 Å². The lowest BCUT2D eigenvalue weighted by Crippen LogP contribution is -2.32. The average molecular weight is 252 g/mol. The maximum Gasteiger partial charge on any atom is 0.156 e. The van der Waals surface area contributed by atoms with Crippen molar-refractivity contribution in [2.75, 3.05) is 18.8 Å². The Kier molecular flexibility index (Phi) is 4.10. The first kappa shape index (κ1) is 12.5. The first-order valence-corrected chi connectivity index (χ1v) is 7.03. The normalized spacial score (nSPS) is 18.8. The molecule has 4 nitrogen and oxygen atoms in total. The molecule has 2 rings (SSSR count). The van der Waals surface area contributed by atoms with Crippen molar-refractivity contribution in [3.05, 3.63) is 18.5 Å². The van der Waals surface area contributed by atoms with E-state index < -0.39 is 0 Å². The standard InChI is InChI=1S/C12H20N4S/c1-12(2)9-14-11(17-10-12)13-5-3-7-16-8-4-6-15-16/h4,6,8H,3,5,7,9-10H2,1-2H3,(H,13,14). The van der Waals surface area contributed by atoms with Gasteiger partial charge in [0.1, 0.15) is 0 Å². The summed E-state index contributed by atoms with van der Waals surface area (Å²) in [5.41, 5.74) is 0.352. The highest BCUT2D eigenvalue weighted by Crippen LogP contribution is 2.26. The lowest BCUT2D eigenvalue weighted by molar-refractivity contribution is 0.436. The van der Waals surface area contributed by atoms with Crippen LogP contribution >= 0.6 is 11.8 Å². The number of hydrogen-bond donors (Lipinski definition) is 1. The molecule has 5 heteroatoms. The third-order valence-electron chi connectivity index (χ3n) is 2.65. The van der Waals surface area contributed by atoms with Crippen LogP contribution in [-0.2, 0) is 6.54 Å². The second-order valence-electron chi connectivity index (χ2n) is 5.12. The smallest absolute Gasteiger partial charge is 0.156 e. The monoisotopic (exact) mass is 252 g/mol. The molecular formula is C12H20N4S. The Bertz CT molecular complexity index is 370. The van der Waals surface area contributed by atoms with Gasteiger partial charge in [0.15, 0.2) is 5.17 Å². The summed E-state index contributed by atoms with van der Waals surface area (Å²) in [4.78, 5) is 4.56. The molecule has 1 aliphatic heterocycles. The number of thioether (sulfide) groups is 1. The lowest BCUT2D eigenvalue weighted by Gasteiger charge is -2.27. The molecular weight excluding hydrogens is 232 g/mol. The molecule has 0 atom stereocenters. The molecule has 1 N–H and O–H groups in total. The van der Waals surface area contributed by atoms with Crippen LogP contribution in [-0.4, -0.2) is 33.8 Å². The van der Waals surface area contributed by atoms with Gasteiger partial charge < -0.3 is 5.32 Å². The molecule has 0 bridgehead atoms. The van der Waals surface area contributed by atoms with Gasteiger partial charge in [-0.1, -0.05) is 25.6 Å². The van der Waals surface area contributed by atoms with Gasteiger partial charge in [0.25, 0.3) is 0 Å². The molecule has 0 radical (unpaired) electrons. The first-order valence-electron chi connectivity index (χ1n) is 6.04. The van der Waals surface area contributed by atoms with E-state index in [9.17, 15) is 0 Å². The van der Waals surface area contributed by atoms with Gasteiger partial charge in [-0.3, -0.25) is 9.67 Å². The van der Waals surface area contributed by atoms with Crippen LogP contribution in [0.5, 0.6) is 0 Å². The summed E-state index contributed by atoms with van der Waals surface area (Å²) in [5.74, 6) is 1.15. The van der Waals surface area contributed by atoms with E-state index in [0.717, 1.165) is 37.0 Å². The van der Waals surface area contributed by atoms with Gasteiger partial charge in [-0.15, -0.1) is 0 Å². The molecule has 0 unspecified atom stereocenters. The van der Waals surface area contributed by atoms with E-state index in [-0.39, 0.29) is 0 Å². The maximum atomic E-state index is 4.56. The summed E-state index contributed by atoms with van der Waals surface area (Å²) < 4.78 is 1.96. The minimum atomic E-state index is 0.352. The van der Waals surface area contributed by atoms with Gasteiger partial charge in [-0.2, -0.15) is 5.10 Å². The SMILES string of the molecule is CC1(C)CN=C(NCCCn2cccn2)SC1. The third-order valence-corrected chi connectivity index (χ3v) is 4.12.